The third kappa shape index (κ3) is 4.23. The first-order chi connectivity index (χ1) is 15.4. The summed E-state index contributed by atoms with van der Waals surface area (Å²) in [6.07, 6.45) is 0.340. The highest BCUT2D eigenvalue weighted by Crippen LogP contribution is 2.43. The molecule has 2 aromatic carbocycles. The molecule has 1 amide bonds. The number of amides is 1. The minimum absolute atomic E-state index is 0.0339. The molecule has 170 valence electrons. The van der Waals surface area contributed by atoms with E-state index >= 15 is 0 Å². The van der Waals surface area contributed by atoms with Gasteiger partial charge in [0.2, 0.25) is 5.91 Å². The lowest BCUT2D eigenvalue weighted by Gasteiger charge is -2.25. The molecule has 1 saturated carbocycles. The Labute approximate surface area is 185 Å². The molecule has 1 saturated heterocycles. The first kappa shape index (κ1) is 21.3. The lowest BCUT2D eigenvalue weighted by molar-refractivity contribution is -0.120. The number of nitrogens with one attached hydrogen (secondary N) is 1. The van der Waals surface area contributed by atoms with Gasteiger partial charge in [0.25, 0.3) is 0 Å². The molecule has 4 atom stereocenters. The summed E-state index contributed by atoms with van der Waals surface area (Å²) in [5, 5.41) is 24.5. The number of β-amino-alcohol motifs (C(OH)–C–C–N with tert-alkyl or cyclic N) is 2. The Bertz CT molecular complexity index is 1000. The molecular weight excluding hydrogens is 415 g/mol. The van der Waals surface area contributed by atoms with Crippen LogP contribution in [0.3, 0.4) is 0 Å². The molecule has 0 spiro atoms. The van der Waals surface area contributed by atoms with E-state index in [1.54, 1.807) is 6.07 Å². The second kappa shape index (κ2) is 8.44. The minimum Gasteiger partial charge on any atom is -0.490 e. The summed E-state index contributed by atoms with van der Waals surface area (Å²) in [7, 11) is 0. The summed E-state index contributed by atoms with van der Waals surface area (Å²) >= 11 is 0. The van der Waals surface area contributed by atoms with Crippen LogP contribution >= 0.6 is 0 Å². The molecule has 3 N–H and O–H groups in total. The molecule has 3 aliphatic rings. The fourth-order valence-corrected chi connectivity index (χ4v) is 5.22. The van der Waals surface area contributed by atoms with Crippen LogP contribution in [-0.2, 0) is 16.1 Å². The van der Waals surface area contributed by atoms with Gasteiger partial charge in [0, 0.05) is 37.5 Å². The number of ether oxygens (including phenoxy) is 2. The number of aliphatic hydroxyl groups is 2. The Balaban J connectivity index is 1.22. The van der Waals surface area contributed by atoms with Gasteiger partial charge in [-0.1, -0.05) is 18.2 Å². The Morgan fingerprint density at radius 1 is 1.28 bits per heavy atom. The van der Waals surface area contributed by atoms with Crippen molar-refractivity contribution in [2.75, 3.05) is 31.6 Å². The zero-order valence-electron chi connectivity index (χ0n) is 17.7. The molecule has 32 heavy (non-hydrogen) atoms. The zero-order valence-corrected chi connectivity index (χ0v) is 17.7. The summed E-state index contributed by atoms with van der Waals surface area (Å²) in [5.74, 6) is -0.120. The van der Waals surface area contributed by atoms with Crippen molar-refractivity contribution in [1.29, 1.82) is 0 Å². The number of rotatable bonds is 5. The maximum Gasteiger partial charge on any atom is 0.250 e. The van der Waals surface area contributed by atoms with Gasteiger partial charge >= 0.3 is 0 Å². The van der Waals surface area contributed by atoms with Crippen LogP contribution in [0.1, 0.15) is 30.1 Å². The normalized spacial score (nSPS) is 28.5. The highest BCUT2D eigenvalue weighted by atomic mass is 19.1. The summed E-state index contributed by atoms with van der Waals surface area (Å²) < 4.78 is 25.9. The molecule has 0 aromatic heterocycles. The Morgan fingerprint density at radius 3 is 2.88 bits per heavy atom. The number of anilines is 1. The summed E-state index contributed by atoms with van der Waals surface area (Å²) in [4.78, 5) is 13.6. The van der Waals surface area contributed by atoms with E-state index in [4.69, 9.17) is 9.47 Å². The lowest BCUT2D eigenvalue weighted by atomic mass is 9.95. The van der Waals surface area contributed by atoms with Crippen molar-refractivity contribution < 1.29 is 28.9 Å². The molecule has 0 radical (unpaired) electrons. The van der Waals surface area contributed by atoms with E-state index < -0.39 is 23.4 Å². The molecule has 7 nitrogen and oxygen atoms in total. The third-order valence-electron chi connectivity index (χ3n) is 6.68. The van der Waals surface area contributed by atoms with E-state index in [-0.39, 0.29) is 37.5 Å². The van der Waals surface area contributed by atoms with Crippen molar-refractivity contribution in [3.05, 3.63) is 59.4 Å². The second-order valence-corrected chi connectivity index (χ2v) is 9.08. The number of halogens is 1. The second-order valence-electron chi connectivity index (χ2n) is 9.08. The summed E-state index contributed by atoms with van der Waals surface area (Å²) in [5.41, 5.74) is 0.187. The highest BCUT2D eigenvalue weighted by molar-refractivity contribution is 5.93. The summed E-state index contributed by atoms with van der Waals surface area (Å²) in [6, 6.07) is 12.5. The monoisotopic (exact) mass is 442 g/mol. The van der Waals surface area contributed by atoms with E-state index in [0.29, 0.717) is 30.6 Å². The predicted octanol–water partition coefficient (Wildman–Crippen LogP) is 2.23. The SMILES string of the molecule is O=C1COCc2cc([C@@H](O)CN3C[C@H]4C[C@H](Oc5ccccc5)C[C@@]4(O)C3)cc(F)c2N1. The molecule has 1 aliphatic carbocycles. The Hall–Kier alpha value is -2.52. The average molecular weight is 442 g/mol. The van der Waals surface area contributed by atoms with Crippen LogP contribution in [0.25, 0.3) is 0 Å². The van der Waals surface area contributed by atoms with Crippen LogP contribution in [-0.4, -0.2) is 59.0 Å². The van der Waals surface area contributed by atoms with Crippen LogP contribution in [0, 0.1) is 11.7 Å². The smallest absolute Gasteiger partial charge is 0.250 e. The van der Waals surface area contributed by atoms with Crippen LogP contribution in [0.2, 0.25) is 0 Å². The third-order valence-corrected chi connectivity index (χ3v) is 6.68. The van der Waals surface area contributed by atoms with Gasteiger partial charge in [-0.3, -0.25) is 9.69 Å². The van der Waals surface area contributed by atoms with Crippen LogP contribution < -0.4 is 10.1 Å². The predicted molar refractivity (Wildman–Crippen MR) is 115 cm³/mol. The Kier molecular flexibility index (Phi) is 5.63. The standard InChI is InChI=1S/C24H27FN2O5/c25-20-7-15(6-16-12-31-13-22(29)26-23(16)20)21(28)11-27-10-17-8-19(9-24(17,30)14-27)32-18-4-2-1-3-5-18/h1-7,17,19,21,28,30H,8-14H2,(H,26,29)/t17-,19+,21+,24-/m1/s1. The average Bonchev–Trinajstić information content (AvgIpc) is 3.11. The number of para-hydroxylation sites is 1. The minimum atomic E-state index is -0.924. The number of aliphatic hydroxyl groups excluding tert-OH is 1. The van der Waals surface area contributed by atoms with E-state index in [1.165, 1.54) is 6.07 Å². The van der Waals surface area contributed by atoms with Crippen molar-refractivity contribution in [2.24, 2.45) is 5.92 Å². The first-order valence-corrected chi connectivity index (χ1v) is 10.9. The maximum absolute atomic E-state index is 14.6. The van der Waals surface area contributed by atoms with Gasteiger partial charge < -0.3 is 25.0 Å². The van der Waals surface area contributed by atoms with Crippen molar-refractivity contribution >= 4 is 11.6 Å². The molecule has 0 unspecified atom stereocenters. The van der Waals surface area contributed by atoms with E-state index in [1.807, 2.05) is 35.2 Å². The molecule has 0 bridgehead atoms. The number of nitrogens with zero attached hydrogens (tertiary/aromatic N) is 1. The number of likely N-dealkylation sites (tertiary alicyclic amines) is 1. The van der Waals surface area contributed by atoms with Crippen molar-refractivity contribution in [2.45, 2.75) is 37.3 Å². The van der Waals surface area contributed by atoms with Crippen molar-refractivity contribution in [3.63, 3.8) is 0 Å². The molecule has 8 heteroatoms. The number of carbonyl (C=O) groups excluding carboxylic acids is 1. The highest BCUT2D eigenvalue weighted by Gasteiger charge is 2.52. The fourth-order valence-electron chi connectivity index (χ4n) is 5.22. The number of hydrogen-bond acceptors (Lipinski definition) is 6. The van der Waals surface area contributed by atoms with E-state index in [0.717, 1.165) is 12.2 Å². The summed E-state index contributed by atoms with van der Waals surface area (Å²) in [6.45, 7) is 1.34. The van der Waals surface area contributed by atoms with Gasteiger partial charge in [0.1, 0.15) is 24.3 Å². The number of carbonyl (C=O) groups is 1. The van der Waals surface area contributed by atoms with Gasteiger partial charge in [-0.2, -0.15) is 0 Å². The lowest BCUT2D eigenvalue weighted by Crippen LogP contribution is -2.36. The van der Waals surface area contributed by atoms with E-state index in [9.17, 15) is 19.4 Å². The Morgan fingerprint density at radius 2 is 2.09 bits per heavy atom. The maximum atomic E-state index is 14.6. The van der Waals surface area contributed by atoms with Crippen LogP contribution in [0.5, 0.6) is 5.75 Å². The zero-order chi connectivity index (χ0) is 22.3. The van der Waals surface area contributed by atoms with Crippen LogP contribution in [0.4, 0.5) is 10.1 Å². The van der Waals surface area contributed by atoms with Gasteiger partial charge in [0.05, 0.1) is 24.0 Å². The van der Waals surface area contributed by atoms with Gasteiger partial charge in [-0.15, -0.1) is 0 Å². The van der Waals surface area contributed by atoms with Crippen molar-refractivity contribution in [1.82, 2.24) is 4.90 Å². The van der Waals surface area contributed by atoms with Gasteiger partial charge in [-0.05, 0) is 36.2 Å². The number of benzene rings is 2. The molecular formula is C24H27FN2O5. The van der Waals surface area contributed by atoms with Crippen molar-refractivity contribution in [3.8, 4) is 5.75 Å². The number of fused-ring (bicyclic) bond motifs is 2. The molecule has 5 rings (SSSR count). The first-order valence-electron chi connectivity index (χ1n) is 10.9. The molecule has 2 aromatic rings. The molecule has 2 aliphatic heterocycles. The fraction of sp³-hybridized carbons (Fsp3) is 0.458. The molecule has 2 heterocycles. The quantitative estimate of drug-likeness (QED) is 0.658. The molecule has 2 fully saturated rings. The van der Waals surface area contributed by atoms with Crippen LogP contribution in [0.15, 0.2) is 42.5 Å². The largest absolute Gasteiger partial charge is 0.490 e. The van der Waals surface area contributed by atoms with Gasteiger partial charge in [0.15, 0.2) is 0 Å². The van der Waals surface area contributed by atoms with Gasteiger partial charge in [-0.25, -0.2) is 4.39 Å². The van der Waals surface area contributed by atoms with E-state index in [2.05, 4.69) is 5.32 Å². The topological polar surface area (TPSA) is 91.3 Å². The number of hydrogen-bond donors (Lipinski definition) is 3.